The monoisotopic (exact) mass is 399 g/mol. The Morgan fingerprint density at radius 2 is 1.31 bits per heavy atom. The number of hydrogen-bond acceptors (Lipinski definition) is 6. The fourth-order valence-corrected chi connectivity index (χ4v) is 2.74. The first kappa shape index (κ1) is 21.9. The SMILES string of the molecule is CCOC(=O)C(C(=O)OCC)C(NC(=O)OCc1ccccc1)c1ccccc1. The number of carbonyl (C=O) groups excluding carboxylic acids is 3. The molecule has 0 spiro atoms. The number of hydrogen-bond donors (Lipinski definition) is 1. The Morgan fingerprint density at radius 1 is 0.793 bits per heavy atom. The summed E-state index contributed by atoms with van der Waals surface area (Å²) in [5, 5.41) is 2.62. The van der Waals surface area contributed by atoms with Gasteiger partial charge >= 0.3 is 18.0 Å². The van der Waals surface area contributed by atoms with Gasteiger partial charge in [-0.1, -0.05) is 60.7 Å². The lowest BCUT2D eigenvalue weighted by atomic mass is 9.93. The summed E-state index contributed by atoms with van der Waals surface area (Å²) in [7, 11) is 0. The predicted molar refractivity (Wildman–Crippen MR) is 106 cm³/mol. The van der Waals surface area contributed by atoms with Crippen LogP contribution in [0, 0.1) is 5.92 Å². The van der Waals surface area contributed by atoms with E-state index in [0.29, 0.717) is 5.56 Å². The lowest BCUT2D eigenvalue weighted by molar-refractivity contribution is -0.163. The summed E-state index contributed by atoms with van der Waals surface area (Å²) < 4.78 is 15.4. The Morgan fingerprint density at radius 3 is 1.83 bits per heavy atom. The molecule has 0 bridgehead atoms. The summed E-state index contributed by atoms with van der Waals surface area (Å²) in [5.41, 5.74) is 1.36. The van der Waals surface area contributed by atoms with Crippen LogP contribution in [-0.4, -0.2) is 31.2 Å². The van der Waals surface area contributed by atoms with Crippen molar-refractivity contribution < 1.29 is 28.6 Å². The van der Waals surface area contributed by atoms with E-state index in [2.05, 4.69) is 5.32 Å². The first-order chi connectivity index (χ1) is 14.1. The number of benzene rings is 2. The molecule has 0 aliphatic carbocycles. The van der Waals surface area contributed by atoms with Gasteiger partial charge in [-0.3, -0.25) is 9.59 Å². The predicted octanol–water partition coefficient (Wildman–Crippen LogP) is 3.40. The molecule has 7 nitrogen and oxygen atoms in total. The lowest BCUT2D eigenvalue weighted by Gasteiger charge is -2.25. The van der Waals surface area contributed by atoms with Crippen LogP contribution >= 0.6 is 0 Å². The summed E-state index contributed by atoms with van der Waals surface area (Å²) >= 11 is 0. The van der Waals surface area contributed by atoms with Gasteiger partial charge in [0.15, 0.2) is 5.92 Å². The third-order valence-electron chi connectivity index (χ3n) is 4.06. The molecular weight excluding hydrogens is 374 g/mol. The normalized spacial score (nSPS) is 11.4. The van der Waals surface area contributed by atoms with Crippen molar-refractivity contribution in [1.82, 2.24) is 5.32 Å². The molecule has 154 valence electrons. The Balaban J connectivity index is 2.23. The highest BCUT2D eigenvalue weighted by Gasteiger charge is 2.39. The number of carbonyl (C=O) groups is 3. The van der Waals surface area contributed by atoms with Gasteiger partial charge in [-0.15, -0.1) is 0 Å². The molecule has 2 aromatic carbocycles. The maximum atomic E-state index is 12.5. The molecule has 0 radical (unpaired) electrons. The molecule has 0 saturated heterocycles. The first-order valence-electron chi connectivity index (χ1n) is 9.42. The van der Waals surface area contributed by atoms with Gasteiger partial charge in [-0.05, 0) is 25.0 Å². The molecule has 1 unspecified atom stereocenters. The largest absolute Gasteiger partial charge is 0.465 e. The molecule has 2 rings (SSSR count). The van der Waals surface area contributed by atoms with Crippen molar-refractivity contribution in [3.63, 3.8) is 0 Å². The van der Waals surface area contributed by atoms with Crippen molar-refractivity contribution in [1.29, 1.82) is 0 Å². The molecule has 0 fully saturated rings. The van der Waals surface area contributed by atoms with Crippen LogP contribution in [0.3, 0.4) is 0 Å². The Bertz CT molecular complexity index is 775. The maximum absolute atomic E-state index is 12.5. The van der Waals surface area contributed by atoms with Crippen LogP contribution < -0.4 is 5.32 Å². The highest BCUT2D eigenvalue weighted by atomic mass is 16.6. The third-order valence-corrected chi connectivity index (χ3v) is 4.06. The second kappa shape index (κ2) is 11.5. The standard InChI is InChI=1S/C22H25NO6/c1-3-27-20(24)18(21(25)28-4-2)19(17-13-9-6-10-14-17)23-22(26)29-15-16-11-7-5-8-12-16/h5-14,18-19H,3-4,15H2,1-2H3,(H,23,26). The number of esters is 2. The van der Waals surface area contributed by atoms with Gasteiger partial charge in [0.1, 0.15) is 6.61 Å². The van der Waals surface area contributed by atoms with Gasteiger partial charge in [0.05, 0.1) is 19.3 Å². The number of amides is 1. The molecule has 0 aliphatic rings. The van der Waals surface area contributed by atoms with E-state index in [1.165, 1.54) is 0 Å². The highest BCUT2D eigenvalue weighted by Crippen LogP contribution is 2.25. The van der Waals surface area contributed by atoms with Gasteiger partial charge in [0.2, 0.25) is 0 Å². The second-order valence-electron chi connectivity index (χ2n) is 6.08. The molecule has 29 heavy (non-hydrogen) atoms. The topological polar surface area (TPSA) is 90.9 Å². The van der Waals surface area contributed by atoms with Crippen molar-refractivity contribution in [3.8, 4) is 0 Å². The van der Waals surface area contributed by atoms with Crippen LogP contribution in [0.4, 0.5) is 4.79 Å². The Labute approximate surface area is 170 Å². The van der Waals surface area contributed by atoms with E-state index < -0.39 is 30.0 Å². The second-order valence-corrected chi connectivity index (χ2v) is 6.08. The number of ether oxygens (including phenoxy) is 3. The molecule has 1 atom stereocenters. The Hall–Kier alpha value is -3.35. The van der Waals surface area contributed by atoms with E-state index in [9.17, 15) is 14.4 Å². The van der Waals surface area contributed by atoms with E-state index in [4.69, 9.17) is 14.2 Å². The van der Waals surface area contributed by atoms with Crippen molar-refractivity contribution in [2.24, 2.45) is 5.92 Å². The summed E-state index contributed by atoms with van der Waals surface area (Å²) in [6.07, 6.45) is -0.763. The number of alkyl carbamates (subject to hydrolysis) is 1. The molecule has 0 heterocycles. The van der Waals surface area contributed by atoms with E-state index in [-0.39, 0.29) is 19.8 Å². The van der Waals surface area contributed by atoms with Gasteiger partial charge in [-0.2, -0.15) is 0 Å². The van der Waals surface area contributed by atoms with Gasteiger partial charge in [-0.25, -0.2) is 4.79 Å². The van der Waals surface area contributed by atoms with E-state index >= 15 is 0 Å². The molecule has 2 aromatic rings. The van der Waals surface area contributed by atoms with Crippen molar-refractivity contribution in [3.05, 3.63) is 71.8 Å². The minimum absolute atomic E-state index is 0.0532. The summed E-state index contributed by atoms with van der Waals surface area (Å²) in [4.78, 5) is 37.5. The summed E-state index contributed by atoms with van der Waals surface area (Å²) in [5.74, 6) is -2.91. The molecule has 0 aromatic heterocycles. The molecule has 7 heteroatoms. The number of rotatable bonds is 9. The zero-order chi connectivity index (χ0) is 21.1. The summed E-state index contributed by atoms with van der Waals surface area (Å²) in [6, 6.07) is 16.8. The van der Waals surface area contributed by atoms with Crippen LogP contribution in [0.5, 0.6) is 0 Å². The van der Waals surface area contributed by atoms with Gasteiger partial charge in [0.25, 0.3) is 0 Å². The molecule has 1 N–H and O–H groups in total. The first-order valence-corrected chi connectivity index (χ1v) is 9.42. The van der Waals surface area contributed by atoms with E-state index in [0.717, 1.165) is 5.56 Å². The van der Waals surface area contributed by atoms with Crippen molar-refractivity contribution in [2.45, 2.75) is 26.5 Å². The molecular formula is C22H25NO6. The number of nitrogens with one attached hydrogen (secondary N) is 1. The minimum Gasteiger partial charge on any atom is -0.465 e. The molecule has 1 amide bonds. The molecule has 0 aliphatic heterocycles. The van der Waals surface area contributed by atoms with Crippen LogP contribution in [-0.2, 0) is 30.4 Å². The van der Waals surface area contributed by atoms with E-state index in [1.54, 1.807) is 44.2 Å². The average molecular weight is 399 g/mol. The van der Waals surface area contributed by atoms with Crippen LogP contribution in [0.2, 0.25) is 0 Å². The lowest BCUT2D eigenvalue weighted by Crippen LogP contribution is -2.42. The fourth-order valence-electron chi connectivity index (χ4n) is 2.74. The fraction of sp³-hybridized carbons (Fsp3) is 0.318. The quantitative estimate of drug-likeness (QED) is 0.395. The third kappa shape index (κ3) is 6.64. The van der Waals surface area contributed by atoms with Crippen LogP contribution in [0.25, 0.3) is 0 Å². The Kier molecular flexibility index (Phi) is 8.69. The summed E-state index contributed by atoms with van der Waals surface area (Å²) in [6.45, 7) is 3.51. The van der Waals surface area contributed by atoms with Crippen molar-refractivity contribution in [2.75, 3.05) is 13.2 Å². The smallest absolute Gasteiger partial charge is 0.407 e. The van der Waals surface area contributed by atoms with Crippen LogP contribution in [0.1, 0.15) is 31.0 Å². The molecule has 0 saturated carbocycles. The maximum Gasteiger partial charge on any atom is 0.407 e. The van der Waals surface area contributed by atoms with Gasteiger partial charge < -0.3 is 19.5 Å². The highest BCUT2D eigenvalue weighted by molar-refractivity contribution is 5.96. The van der Waals surface area contributed by atoms with E-state index in [1.807, 2.05) is 30.3 Å². The minimum atomic E-state index is -1.36. The average Bonchev–Trinajstić information content (AvgIpc) is 2.73. The zero-order valence-corrected chi connectivity index (χ0v) is 16.5. The van der Waals surface area contributed by atoms with Crippen LogP contribution in [0.15, 0.2) is 60.7 Å². The van der Waals surface area contributed by atoms with Crippen molar-refractivity contribution >= 4 is 18.0 Å². The van der Waals surface area contributed by atoms with Gasteiger partial charge in [0, 0.05) is 0 Å². The zero-order valence-electron chi connectivity index (χ0n) is 16.5.